The Morgan fingerprint density at radius 2 is 1.80 bits per heavy atom. The first-order valence-corrected chi connectivity index (χ1v) is 12.6. The maximum Gasteiger partial charge on any atom is 0.338 e. The van der Waals surface area contributed by atoms with Gasteiger partial charge >= 0.3 is 5.97 Å². The number of nitrogens with zero attached hydrogens (tertiary/aromatic N) is 2. The SMILES string of the molecule is COc1cc(Br)c(C=c2sc3n(c2=O)C(c2ccccc2)C(C(=O)OC(C)C)=C(C)N=3)cc1OC. The van der Waals surface area contributed by atoms with Gasteiger partial charge in [0.15, 0.2) is 16.3 Å². The zero-order chi connectivity index (χ0) is 25.3. The fraction of sp³-hybridized carbons (Fsp3) is 0.269. The van der Waals surface area contributed by atoms with Gasteiger partial charge in [-0.3, -0.25) is 9.36 Å². The number of fused-ring (bicyclic) bond motifs is 1. The van der Waals surface area contributed by atoms with E-state index in [1.165, 1.54) is 11.3 Å². The second kappa shape index (κ2) is 10.2. The van der Waals surface area contributed by atoms with Crippen LogP contribution in [0.25, 0.3) is 6.08 Å². The Morgan fingerprint density at radius 1 is 1.14 bits per heavy atom. The Labute approximate surface area is 215 Å². The Morgan fingerprint density at radius 3 is 2.43 bits per heavy atom. The maximum absolute atomic E-state index is 13.7. The van der Waals surface area contributed by atoms with Crippen LogP contribution in [-0.2, 0) is 9.53 Å². The predicted molar refractivity (Wildman–Crippen MR) is 139 cm³/mol. The first kappa shape index (κ1) is 24.9. The molecule has 1 atom stereocenters. The molecule has 0 bridgehead atoms. The van der Waals surface area contributed by atoms with E-state index in [9.17, 15) is 9.59 Å². The number of aromatic nitrogens is 1. The number of carbonyl (C=O) groups excluding carboxylic acids is 1. The molecule has 7 nitrogen and oxygen atoms in total. The van der Waals surface area contributed by atoms with Crippen LogP contribution in [0.3, 0.4) is 0 Å². The first-order chi connectivity index (χ1) is 16.7. The van der Waals surface area contributed by atoms with Crippen molar-refractivity contribution in [1.82, 2.24) is 4.57 Å². The Bertz CT molecular complexity index is 1490. The van der Waals surface area contributed by atoms with E-state index in [2.05, 4.69) is 20.9 Å². The van der Waals surface area contributed by atoms with E-state index in [0.717, 1.165) is 15.6 Å². The van der Waals surface area contributed by atoms with E-state index in [1.807, 2.05) is 30.3 Å². The van der Waals surface area contributed by atoms with Gasteiger partial charge in [0.1, 0.15) is 0 Å². The second-order valence-electron chi connectivity index (χ2n) is 8.18. The van der Waals surface area contributed by atoms with Crippen molar-refractivity contribution >= 4 is 39.3 Å². The summed E-state index contributed by atoms with van der Waals surface area (Å²) in [5, 5.41) is 0. The van der Waals surface area contributed by atoms with Crippen molar-refractivity contribution in [2.24, 2.45) is 4.99 Å². The normalized spacial score (nSPS) is 15.6. The van der Waals surface area contributed by atoms with Crippen molar-refractivity contribution in [3.05, 3.63) is 89.0 Å². The van der Waals surface area contributed by atoms with E-state index in [4.69, 9.17) is 14.2 Å². The monoisotopic (exact) mass is 556 g/mol. The fourth-order valence-corrected chi connectivity index (χ4v) is 5.41. The molecule has 1 aromatic heterocycles. The molecule has 4 rings (SSSR count). The van der Waals surface area contributed by atoms with Crippen molar-refractivity contribution in [1.29, 1.82) is 0 Å². The number of halogens is 1. The van der Waals surface area contributed by atoms with Crippen LogP contribution in [0, 0.1) is 0 Å². The fourth-order valence-electron chi connectivity index (χ4n) is 3.93. The van der Waals surface area contributed by atoms with Gasteiger partial charge in [0.05, 0.1) is 42.2 Å². The number of carbonyl (C=O) groups is 1. The molecule has 0 N–H and O–H groups in total. The predicted octanol–water partition coefficient (Wildman–Crippen LogP) is 3.97. The molecule has 182 valence electrons. The second-order valence-corrected chi connectivity index (χ2v) is 10.0. The minimum atomic E-state index is -0.644. The van der Waals surface area contributed by atoms with Gasteiger partial charge < -0.3 is 14.2 Å². The van der Waals surface area contributed by atoms with E-state index < -0.39 is 12.0 Å². The Hall–Kier alpha value is -3.17. The Kier molecular flexibility index (Phi) is 7.28. The maximum atomic E-state index is 13.7. The summed E-state index contributed by atoms with van der Waals surface area (Å²) in [4.78, 5) is 32.0. The third-order valence-electron chi connectivity index (χ3n) is 5.49. The van der Waals surface area contributed by atoms with Crippen molar-refractivity contribution in [2.45, 2.75) is 32.9 Å². The number of methoxy groups -OCH3 is 2. The molecular weight excluding hydrogens is 532 g/mol. The van der Waals surface area contributed by atoms with Gasteiger partial charge in [-0.05, 0) is 50.1 Å². The standard InChI is InChI=1S/C26H25BrN2O5S/c1-14(2)34-25(31)22-15(3)28-26-29(23(22)16-9-7-6-8-10-16)24(30)21(35-26)12-17-11-19(32-4)20(33-5)13-18(17)27/h6-14,23H,1-5H3. The van der Waals surface area contributed by atoms with Crippen LogP contribution < -0.4 is 24.4 Å². The van der Waals surface area contributed by atoms with Crippen LogP contribution >= 0.6 is 27.3 Å². The van der Waals surface area contributed by atoms with Crippen LogP contribution in [0.4, 0.5) is 0 Å². The molecule has 1 unspecified atom stereocenters. The molecule has 35 heavy (non-hydrogen) atoms. The number of rotatable bonds is 6. The van der Waals surface area contributed by atoms with Crippen molar-refractivity contribution in [2.75, 3.05) is 14.2 Å². The van der Waals surface area contributed by atoms with Crippen molar-refractivity contribution in [3.63, 3.8) is 0 Å². The summed E-state index contributed by atoms with van der Waals surface area (Å²) >= 11 is 4.82. The summed E-state index contributed by atoms with van der Waals surface area (Å²) < 4.78 is 19.1. The number of allylic oxidation sites excluding steroid dienone is 1. The number of hydrogen-bond donors (Lipinski definition) is 0. The molecule has 0 saturated heterocycles. The number of ether oxygens (including phenoxy) is 3. The zero-order valence-electron chi connectivity index (χ0n) is 20.0. The van der Waals surface area contributed by atoms with Crippen LogP contribution in [0.1, 0.15) is 37.9 Å². The Balaban J connectivity index is 1.94. The van der Waals surface area contributed by atoms with Crippen molar-refractivity contribution in [3.8, 4) is 11.5 Å². The van der Waals surface area contributed by atoms with Gasteiger partial charge in [0.2, 0.25) is 0 Å². The van der Waals surface area contributed by atoms with Gasteiger partial charge in [-0.15, -0.1) is 0 Å². The number of thiazole rings is 1. The number of esters is 1. The molecule has 0 fully saturated rings. The number of benzene rings is 2. The van der Waals surface area contributed by atoms with Gasteiger partial charge in [0.25, 0.3) is 5.56 Å². The van der Waals surface area contributed by atoms with E-state index >= 15 is 0 Å². The van der Waals surface area contributed by atoms with Crippen LogP contribution in [0.2, 0.25) is 0 Å². The molecule has 2 aromatic carbocycles. The molecule has 0 radical (unpaired) electrons. The summed E-state index contributed by atoms with van der Waals surface area (Å²) in [6, 6.07) is 12.4. The summed E-state index contributed by atoms with van der Waals surface area (Å²) in [6.07, 6.45) is 1.48. The third kappa shape index (κ3) is 4.83. The molecular formula is C26H25BrN2O5S. The third-order valence-corrected chi connectivity index (χ3v) is 7.16. The van der Waals surface area contributed by atoms with Gasteiger partial charge in [0, 0.05) is 4.47 Å². The number of hydrogen-bond acceptors (Lipinski definition) is 7. The molecule has 1 aliphatic heterocycles. The van der Waals surface area contributed by atoms with Gasteiger partial charge in [-0.2, -0.15) is 0 Å². The molecule has 0 spiro atoms. The van der Waals surface area contributed by atoms with Crippen LogP contribution in [0.5, 0.6) is 11.5 Å². The smallest absolute Gasteiger partial charge is 0.338 e. The molecule has 9 heteroatoms. The summed E-state index contributed by atoms with van der Waals surface area (Å²) in [5.74, 6) is 0.643. The van der Waals surface area contributed by atoms with Crippen LogP contribution in [0.15, 0.2) is 68.0 Å². The highest BCUT2D eigenvalue weighted by atomic mass is 79.9. The average molecular weight is 557 g/mol. The largest absolute Gasteiger partial charge is 0.493 e. The highest BCUT2D eigenvalue weighted by molar-refractivity contribution is 9.10. The highest BCUT2D eigenvalue weighted by Crippen LogP contribution is 2.34. The van der Waals surface area contributed by atoms with Gasteiger partial charge in [-0.25, -0.2) is 9.79 Å². The summed E-state index contributed by atoms with van der Waals surface area (Å²) in [6.45, 7) is 5.36. The van der Waals surface area contributed by atoms with Gasteiger partial charge in [-0.1, -0.05) is 57.6 Å². The molecule has 0 amide bonds. The highest BCUT2D eigenvalue weighted by Gasteiger charge is 2.33. The molecule has 1 aliphatic rings. The molecule has 2 heterocycles. The van der Waals surface area contributed by atoms with E-state index in [0.29, 0.717) is 32.1 Å². The minimum Gasteiger partial charge on any atom is -0.493 e. The summed E-state index contributed by atoms with van der Waals surface area (Å²) in [7, 11) is 3.12. The van der Waals surface area contributed by atoms with E-state index in [-0.39, 0.29) is 11.7 Å². The van der Waals surface area contributed by atoms with Crippen LogP contribution in [-0.4, -0.2) is 30.9 Å². The average Bonchev–Trinajstić information content (AvgIpc) is 3.13. The quantitative estimate of drug-likeness (QED) is 0.429. The first-order valence-electron chi connectivity index (χ1n) is 10.9. The van der Waals surface area contributed by atoms with Crippen molar-refractivity contribution < 1.29 is 19.0 Å². The molecule has 0 aliphatic carbocycles. The molecule has 3 aromatic rings. The lowest BCUT2D eigenvalue weighted by Gasteiger charge is -2.25. The topological polar surface area (TPSA) is 79.1 Å². The minimum absolute atomic E-state index is 0.244. The van der Waals surface area contributed by atoms with E-state index in [1.54, 1.807) is 57.8 Å². The lowest BCUT2D eigenvalue weighted by Crippen LogP contribution is -2.40. The zero-order valence-corrected chi connectivity index (χ0v) is 22.4. The lowest BCUT2D eigenvalue weighted by atomic mass is 9.96. The lowest BCUT2D eigenvalue weighted by molar-refractivity contribution is -0.143. The molecule has 0 saturated carbocycles. The summed E-state index contributed by atoms with van der Waals surface area (Å²) in [5.41, 5.74) is 2.20.